The molecule has 0 saturated carbocycles. The van der Waals surface area contributed by atoms with E-state index in [2.05, 4.69) is 88.4 Å². The Hall–Kier alpha value is -0.0257. The summed E-state index contributed by atoms with van der Waals surface area (Å²) < 4.78 is 18.3. The molecule has 2 unspecified atom stereocenters. The molecule has 0 saturated heterocycles. The molecule has 1 aliphatic heterocycles. The van der Waals surface area contributed by atoms with Crippen LogP contribution in [0.3, 0.4) is 0 Å². The van der Waals surface area contributed by atoms with Gasteiger partial charge in [-0.15, -0.1) is 0 Å². The molecule has 0 bridgehead atoms. The van der Waals surface area contributed by atoms with E-state index in [1.807, 2.05) is 0 Å². The Kier molecular flexibility index (Phi) is 6.83. The molecule has 1 heterocycles. The zero-order valence-electron chi connectivity index (χ0n) is 16.9. The van der Waals surface area contributed by atoms with Gasteiger partial charge in [0.25, 0.3) is 0 Å². The van der Waals surface area contributed by atoms with Crippen LogP contribution in [-0.2, 0) is 24.5 Å². The summed E-state index contributed by atoms with van der Waals surface area (Å²) in [5, 5.41) is 0. The molecule has 1 rings (SSSR count). The maximum absolute atomic E-state index is 6.75. The second-order valence-electron chi connectivity index (χ2n) is 8.60. The van der Waals surface area contributed by atoms with Gasteiger partial charge < -0.3 is 0 Å². The molecular formula is C18H38N2O2Ti. The van der Waals surface area contributed by atoms with E-state index in [0.29, 0.717) is 0 Å². The number of hydrogen-bond donors (Lipinski definition) is 0. The average molecular weight is 362 g/mol. The molecule has 0 N–H and O–H groups in total. The van der Waals surface area contributed by atoms with Crippen LogP contribution in [0.15, 0.2) is 12.4 Å². The van der Waals surface area contributed by atoms with Crippen molar-refractivity contribution >= 4 is 0 Å². The van der Waals surface area contributed by atoms with Crippen LogP contribution in [0, 0.1) is 0 Å². The van der Waals surface area contributed by atoms with E-state index in [1.54, 1.807) is 0 Å². The van der Waals surface area contributed by atoms with Crippen LogP contribution >= 0.6 is 0 Å². The quantitative estimate of drug-likeness (QED) is 0.613. The Morgan fingerprint density at radius 3 is 1.30 bits per heavy atom. The van der Waals surface area contributed by atoms with Gasteiger partial charge in [-0.3, -0.25) is 0 Å². The van der Waals surface area contributed by atoms with E-state index in [4.69, 9.17) is 6.64 Å². The third-order valence-corrected chi connectivity index (χ3v) is 11.0. The molecule has 0 aromatic rings. The summed E-state index contributed by atoms with van der Waals surface area (Å²) >= 11 is -3.43. The average Bonchev–Trinajstić information content (AvgIpc) is 2.76. The van der Waals surface area contributed by atoms with E-state index < -0.39 is 17.9 Å². The van der Waals surface area contributed by atoms with Crippen LogP contribution in [0.4, 0.5) is 0 Å². The SMILES string of the molecule is CCC(C)[O][Ti]1([O]C(C)CC)[N](C(C)(C)C)C=C[N]1C(C)(C)C. The first-order chi connectivity index (χ1) is 10.4. The van der Waals surface area contributed by atoms with Crippen LogP contribution in [0.1, 0.15) is 82.1 Å². The van der Waals surface area contributed by atoms with Crippen molar-refractivity contribution in [3.05, 3.63) is 12.4 Å². The summed E-state index contributed by atoms with van der Waals surface area (Å²) in [4.78, 5) is 0. The summed E-state index contributed by atoms with van der Waals surface area (Å²) in [5.41, 5.74) is -0.0607. The predicted octanol–water partition coefficient (Wildman–Crippen LogP) is 5.12. The topological polar surface area (TPSA) is 24.9 Å². The fourth-order valence-corrected chi connectivity index (χ4v) is 9.44. The molecule has 0 aromatic carbocycles. The summed E-state index contributed by atoms with van der Waals surface area (Å²) in [5.74, 6) is 0. The van der Waals surface area contributed by atoms with Crippen LogP contribution in [0.5, 0.6) is 0 Å². The fourth-order valence-electron chi connectivity index (χ4n) is 2.68. The van der Waals surface area contributed by atoms with Crippen molar-refractivity contribution in [2.45, 2.75) is 105 Å². The molecule has 136 valence electrons. The molecule has 4 nitrogen and oxygen atoms in total. The monoisotopic (exact) mass is 362 g/mol. The summed E-state index contributed by atoms with van der Waals surface area (Å²) in [6.45, 7) is 22.1. The molecule has 0 radical (unpaired) electrons. The van der Waals surface area contributed by atoms with Crippen LogP contribution < -0.4 is 0 Å². The third-order valence-electron chi connectivity index (χ3n) is 4.28. The Balaban J connectivity index is 3.39. The zero-order valence-corrected chi connectivity index (χ0v) is 18.5. The molecule has 0 aromatic heterocycles. The molecule has 0 fully saturated rings. The van der Waals surface area contributed by atoms with Gasteiger partial charge in [-0.05, 0) is 0 Å². The summed E-state index contributed by atoms with van der Waals surface area (Å²) in [6, 6.07) is 0. The van der Waals surface area contributed by atoms with Crippen molar-refractivity contribution in [3.63, 3.8) is 0 Å². The maximum atomic E-state index is 6.75. The minimum atomic E-state index is -3.43. The van der Waals surface area contributed by atoms with Crippen LogP contribution in [0.25, 0.3) is 0 Å². The van der Waals surface area contributed by atoms with Gasteiger partial charge in [0.1, 0.15) is 0 Å². The van der Waals surface area contributed by atoms with E-state index >= 15 is 0 Å². The number of hydrogen-bond acceptors (Lipinski definition) is 4. The second-order valence-corrected chi connectivity index (χ2v) is 12.6. The predicted molar refractivity (Wildman–Crippen MR) is 94.0 cm³/mol. The minimum absolute atomic E-state index is 0.0303. The van der Waals surface area contributed by atoms with Gasteiger partial charge in [0.2, 0.25) is 0 Å². The van der Waals surface area contributed by atoms with E-state index in [1.165, 1.54) is 0 Å². The van der Waals surface area contributed by atoms with E-state index in [-0.39, 0.29) is 23.3 Å². The number of nitrogens with zero attached hydrogens (tertiary/aromatic N) is 2. The van der Waals surface area contributed by atoms with Crippen molar-refractivity contribution in [2.24, 2.45) is 0 Å². The van der Waals surface area contributed by atoms with Gasteiger partial charge in [-0.1, -0.05) is 0 Å². The molecule has 0 spiro atoms. The van der Waals surface area contributed by atoms with Crippen LogP contribution in [0.2, 0.25) is 0 Å². The van der Waals surface area contributed by atoms with Crippen molar-refractivity contribution in [2.75, 3.05) is 0 Å². The molecule has 23 heavy (non-hydrogen) atoms. The summed E-state index contributed by atoms with van der Waals surface area (Å²) in [6.07, 6.45) is 6.74. The Bertz CT molecular complexity index is 374. The first-order valence-corrected chi connectivity index (χ1v) is 11.7. The Morgan fingerprint density at radius 2 is 1.09 bits per heavy atom. The molecule has 0 amide bonds. The fraction of sp³-hybridized carbons (Fsp3) is 0.889. The van der Waals surface area contributed by atoms with Gasteiger partial charge in [0, 0.05) is 0 Å². The van der Waals surface area contributed by atoms with Crippen LogP contribution in [-0.4, -0.2) is 30.0 Å². The standard InChI is InChI=1S/C10H20N2.2C4H9O.Ti/c1-9(2,3)11-7-8-12-10(4,5)6;2*1-3-4(2)5;/h7-8H,1-6H3;2*4H,3H2,1-2H3;/q-2;2*-1;+4. The molecule has 0 aliphatic carbocycles. The van der Waals surface area contributed by atoms with E-state index in [0.717, 1.165) is 12.8 Å². The Labute approximate surface area is 149 Å². The molecule has 5 heteroatoms. The van der Waals surface area contributed by atoms with Gasteiger partial charge in [0.15, 0.2) is 0 Å². The molecule has 2 atom stereocenters. The van der Waals surface area contributed by atoms with Gasteiger partial charge in [0.05, 0.1) is 0 Å². The molecular weight excluding hydrogens is 324 g/mol. The van der Waals surface area contributed by atoms with Gasteiger partial charge in [-0.2, -0.15) is 0 Å². The van der Waals surface area contributed by atoms with Crippen molar-refractivity contribution in [3.8, 4) is 0 Å². The first kappa shape index (κ1) is 21.0. The van der Waals surface area contributed by atoms with Crippen molar-refractivity contribution in [1.29, 1.82) is 0 Å². The third kappa shape index (κ3) is 4.75. The van der Waals surface area contributed by atoms with E-state index in [9.17, 15) is 0 Å². The second kappa shape index (κ2) is 7.47. The first-order valence-electron chi connectivity index (χ1n) is 9.01. The van der Waals surface area contributed by atoms with Gasteiger partial charge in [-0.25, -0.2) is 0 Å². The van der Waals surface area contributed by atoms with Gasteiger partial charge >= 0.3 is 149 Å². The summed E-state index contributed by atoms with van der Waals surface area (Å²) in [7, 11) is 0. The van der Waals surface area contributed by atoms with Crippen molar-refractivity contribution in [1.82, 2.24) is 6.76 Å². The Morgan fingerprint density at radius 1 is 0.783 bits per heavy atom. The number of rotatable bonds is 6. The zero-order chi connectivity index (χ0) is 18.1. The van der Waals surface area contributed by atoms with Crippen molar-refractivity contribution < 1.29 is 24.5 Å². The normalized spacial score (nSPS) is 21.0. The molecule has 1 aliphatic rings.